The van der Waals surface area contributed by atoms with Gasteiger partial charge in [-0.3, -0.25) is 24.1 Å². The number of amides is 4. The Balaban J connectivity index is 1.14. The van der Waals surface area contributed by atoms with E-state index in [-0.39, 0.29) is 89.9 Å². The van der Waals surface area contributed by atoms with Crippen LogP contribution in [0.5, 0.6) is 5.75 Å². The van der Waals surface area contributed by atoms with Gasteiger partial charge in [0.2, 0.25) is 11.8 Å². The predicted molar refractivity (Wildman–Crippen MR) is 307 cm³/mol. The minimum atomic E-state index is -0.910. The Kier molecular flexibility index (Phi) is 43.9. The molecule has 484 valence electrons. The van der Waals surface area contributed by atoms with Gasteiger partial charge in [-0.25, -0.2) is 4.79 Å². The normalized spacial score (nSPS) is 12.7. The molecule has 2 aromatic rings. The molecule has 2 aromatic carbocycles. The molecular weight excluding hydrogens is 1120 g/mol. The van der Waals surface area contributed by atoms with E-state index in [0.29, 0.717) is 182 Å². The summed E-state index contributed by atoms with van der Waals surface area (Å²) in [6.07, 6.45) is 0.186. The van der Waals surface area contributed by atoms with Crippen LogP contribution in [0, 0.1) is 0 Å². The lowest BCUT2D eigenvalue weighted by Gasteiger charge is -2.20. The number of nitrogens with one attached hydrogen (secondary N) is 2. The van der Waals surface area contributed by atoms with Gasteiger partial charge >= 0.3 is 5.97 Å². The number of hydrogen-bond acceptors (Lipinski definition) is 23. The number of carbonyl (C=O) groups is 5. The number of benzene rings is 2. The van der Waals surface area contributed by atoms with E-state index < -0.39 is 23.5 Å². The molecule has 85 heavy (non-hydrogen) atoms. The topological polar surface area (TPSA) is 279 Å². The number of esters is 1. The molecule has 1 aliphatic heterocycles. The number of carbonyl (C=O) groups excluding carboxylic acids is 5. The first-order chi connectivity index (χ1) is 41.5. The van der Waals surface area contributed by atoms with Crippen LogP contribution in [-0.2, 0) is 101 Å². The third kappa shape index (κ3) is 39.5. The summed E-state index contributed by atoms with van der Waals surface area (Å²) in [6.45, 7) is 17.8. The monoisotopic (exact) mass is 1210 g/mol. The summed E-state index contributed by atoms with van der Waals surface area (Å²) in [6, 6.07) is 12.7. The first kappa shape index (κ1) is 74.4. The van der Waals surface area contributed by atoms with Crippen molar-refractivity contribution in [3.8, 4) is 5.75 Å². The first-order valence-corrected chi connectivity index (χ1v) is 29.1. The lowest BCUT2D eigenvalue weighted by Crippen LogP contribution is -2.48. The van der Waals surface area contributed by atoms with Gasteiger partial charge in [0, 0.05) is 26.5 Å². The molecule has 26 nitrogen and oxygen atoms in total. The third-order valence-corrected chi connectivity index (χ3v) is 11.4. The minimum absolute atomic E-state index is 0.00799. The van der Waals surface area contributed by atoms with Crippen molar-refractivity contribution in [2.24, 2.45) is 0 Å². The van der Waals surface area contributed by atoms with E-state index in [4.69, 9.17) is 85.3 Å². The zero-order chi connectivity index (χ0) is 61.1. The maximum Gasteiger partial charge on any atom is 0.344 e. The van der Waals surface area contributed by atoms with Gasteiger partial charge < -0.3 is 95.9 Å². The van der Waals surface area contributed by atoms with Crippen molar-refractivity contribution in [2.45, 2.75) is 45.3 Å². The van der Waals surface area contributed by atoms with E-state index in [9.17, 15) is 24.0 Å². The van der Waals surface area contributed by atoms with E-state index in [1.165, 1.54) is 4.90 Å². The smallest absolute Gasteiger partial charge is 0.344 e. The van der Waals surface area contributed by atoms with Crippen molar-refractivity contribution < 1.29 is 109 Å². The molecule has 0 saturated heterocycles. The Labute approximate surface area is 500 Å². The van der Waals surface area contributed by atoms with Gasteiger partial charge in [-0.05, 0) is 50.6 Å². The number of hydrogen-bond donors (Lipinski definition) is 2. The van der Waals surface area contributed by atoms with Crippen LogP contribution in [0.1, 0.15) is 53.5 Å². The molecule has 0 aromatic heterocycles. The maximum absolute atomic E-state index is 13.4. The van der Waals surface area contributed by atoms with Crippen LogP contribution in [0.2, 0.25) is 0 Å². The van der Waals surface area contributed by atoms with Gasteiger partial charge in [-0.2, -0.15) is 0 Å². The Morgan fingerprint density at radius 2 is 0.812 bits per heavy atom. The van der Waals surface area contributed by atoms with E-state index in [1.54, 1.807) is 76.4 Å². The van der Waals surface area contributed by atoms with Crippen molar-refractivity contribution in [1.82, 2.24) is 15.5 Å². The van der Waals surface area contributed by atoms with E-state index >= 15 is 0 Å². The number of nitrogens with zero attached hydrogens (tertiary/aromatic N) is 1. The number of methoxy groups -OCH3 is 1. The zero-order valence-corrected chi connectivity index (χ0v) is 50.5. The quantitative estimate of drug-likeness (QED) is 0.0545. The molecule has 4 amide bonds. The van der Waals surface area contributed by atoms with Gasteiger partial charge in [0.05, 0.1) is 222 Å². The summed E-state index contributed by atoms with van der Waals surface area (Å²) < 4.78 is 98.5. The molecule has 0 aliphatic carbocycles. The van der Waals surface area contributed by atoms with Crippen molar-refractivity contribution in [2.75, 3.05) is 232 Å². The highest BCUT2D eigenvalue weighted by Crippen LogP contribution is 2.22. The molecule has 1 aliphatic rings. The largest absolute Gasteiger partial charge is 0.482 e. The van der Waals surface area contributed by atoms with Crippen LogP contribution in [0.3, 0.4) is 0 Å². The van der Waals surface area contributed by atoms with Crippen LogP contribution in [-0.4, -0.2) is 278 Å². The number of ether oxygens (including phenoxy) is 18. The second-order valence-corrected chi connectivity index (χ2v) is 19.4. The molecule has 1 heterocycles. The molecule has 0 bridgehead atoms. The van der Waals surface area contributed by atoms with Gasteiger partial charge in [0.1, 0.15) is 17.4 Å². The highest BCUT2D eigenvalue weighted by atomic mass is 16.6. The fourth-order valence-electron chi connectivity index (χ4n) is 7.28. The molecule has 0 unspecified atom stereocenters. The zero-order valence-electron chi connectivity index (χ0n) is 50.5. The summed E-state index contributed by atoms with van der Waals surface area (Å²) >= 11 is 0. The summed E-state index contributed by atoms with van der Waals surface area (Å²) in [4.78, 5) is 64.6. The average molecular weight is 1210 g/mol. The standard InChI is InChI=1S/C59H95N3O23/c1-59(2,3)85-55(64)48-84-50-11-9-49(10-12-50)47-53(61-54(63)13-16-69-21-24-73-29-31-75-26-23-71-18-15-62-57(66)51-7-5-6-8-52(51)58(62)67)56(65)60-14-17-70-22-25-74-30-32-77-35-36-79-39-40-81-43-44-83-46-45-82-42-41-80-38-37-78-34-33-76-28-27-72-20-19-68-4/h5-12,53H,13-48H2,1-4H3,(H,60,65)(H,61,63)/t53-/m0/s1. The maximum atomic E-state index is 13.4. The Bertz CT molecular complexity index is 2000. The fourth-order valence-corrected chi connectivity index (χ4v) is 7.28. The molecule has 1 atom stereocenters. The highest BCUT2D eigenvalue weighted by Gasteiger charge is 2.34. The van der Waals surface area contributed by atoms with Gasteiger partial charge in [-0.15, -0.1) is 0 Å². The molecule has 2 N–H and O–H groups in total. The van der Waals surface area contributed by atoms with Crippen LogP contribution in [0.4, 0.5) is 0 Å². The van der Waals surface area contributed by atoms with Crippen LogP contribution < -0.4 is 15.4 Å². The molecule has 26 heteroatoms. The van der Waals surface area contributed by atoms with E-state index in [2.05, 4.69) is 10.6 Å². The summed E-state index contributed by atoms with van der Waals surface area (Å²) in [7, 11) is 1.64. The molecular formula is C59H95N3O23. The van der Waals surface area contributed by atoms with Gasteiger partial charge in [-0.1, -0.05) is 24.3 Å². The first-order valence-electron chi connectivity index (χ1n) is 29.1. The SMILES string of the molecule is COCCOCCOCCOCCOCCOCCOCCOCCOCCOCCOCCOCCNC(=O)[C@H](Cc1ccc(OCC(=O)OC(C)(C)C)cc1)NC(=O)CCOCCOCCOCCOCCN1C(=O)c2ccccc2C1=O. The molecule has 0 radical (unpaired) electrons. The predicted octanol–water partition coefficient (Wildman–Crippen LogP) is 2.13. The second-order valence-electron chi connectivity index (χ2n) is 19.4. The Morgan fingerprint density at radius 3 is 1.19 bits per heavy atom. The summed E-state index contributed by atoms with van der Waals surface area (Å²) in [5.41, 5.74) is 0.914. The average Bonchev–Trinajstić information content (AvgIpc) is 3.76. The van der Waals surface area contributed by atoms with Crippen LogP contribution >= 0.6 is 0 Å². The Morgan fingerprint density at radius 1 is 0.459 bits per heavy atom. The van der Waals surface area contributed by atoms with Crippen LogP contribution in [0.25, 0.3) is 0 Å². The molecule has 0 fully saturated rings. The van der Waals surface area contributed by atoms with E-state index in [1.807, 2.05) is 0 Å². The van der Waals surface area contributed by atoms with Gasteiger partial charge in [0.15, 0.2) is 6.61 Å². The molecule has 3 rings (SSSR count). The lowest BCUT2D eigenvalue weighted by atomic mass is 10.0. The van der Waals surface area contributed by atoms with Crippen molar-refractivity contribution in [1.29, 1.82) is 0 Å². The highest BCUT2D eigenvalue weighted by molar-refractivity contribution is 6.21. The summed E-state index contributed by atoms with van der Waals surface area (Å²) in [5.74, 6) is -1.47. The van der Waals surface area contributed by atoms with Crippen molar-refractivity contribution >= 4 is 29.6 Å². The minimum Gasteiger partial charge on any atom is -0.482 e. The summed E-state index contributed by atoms with van der Waals surface area (Å²) in [5, 5.41) is 5.65. The van der Waals surface area contributed by atoms with Gasteiger partial charge in [0.25, 0.3) is 11.8 Å². The third-order valence-electron chi connectivity index (χ3n) is 11.4. The Hall–Kier alpha value is -4.85. The van der Waals surface area contributed by atoms with Crippen LogP contribution in [0.15, 0.2) is 48.5 Å². The molecule has 0 spiro atoms. The van der Waals surface area contributed by atoms with Crippen molar-refractivity contribution in [3.63, 3.8) is 0 Å². The number of fused-ring (bicyclic) bond motifs is 1. The molecule has 0 saturated carbocycles. The fraction of sp³-hybridized carbons (Fsp3) is 0.712. The van der Waals surface area contributed by atoms with E-state index in [0.717, 1.165) is 5.56 Å². The lowest BCUT2D eigenvalue weighted by molar-refractivity contribution is -0.157. The number of imide groups is 1. The second kappa shape index (κ2) is 50.2. The van der Waals surface area contributed by atoms with Crippen molar-refractivity contribution in [3.05, 3.63) is 65.2 Å². The number of rotatable bonds is 58.